The molecule has 1 aliphatic rings. The van der Waals surface area contributed by atoms with Gasteiger partial charge in [0.15, 0.2) is 16.7 Å². The SMILES string of the molecule is COc1cc(/C=C2\SC(=Nc3cccc(Cl)c3C)NC2=O)ccc1OCc1cccc(C)c1. The van der Waals surface area contributed by atoms with Crippen LogP contribution in [0.3, 0.4) is 0 Å². The highest BCUT2D eigenvalue weighted by Gasteiger charge is 2.24. The van der Waals surface area contributed by atoms with Gasteiger partial charge < -0.3 is 14.8 Å². The molecule has 1 fully saturated rings. The fourth-order valence-corrected chi connectivity index (χ4v) is 4.32. The van der Waals surface area contributed by atoms with Gasteiger partial charge in [-0.3, -0.25) is 4.79 Å². The van der Waals surface area contributed by atoms with E-state index in [-0.39, 0.29) is 5.91 Å². The predicted molar refractivity (Wildman–Crippen MR) is 135 cm³/mol. The first-order valence-corrected chi connectivity index (χ1v) is 11.5. The minimum absolute atomic E-state index is 0.197. The second-order valence-corrected chi connectivity index (χ2v) is 8.99. The number of hydrogen-bond donors (Lipinski definition) is 1. The maximum Gasteiger partial charge on any atom is 0.264 e. The summed E-state index contributed by atoms with van der Waals surface area (Å²) in [4.78, 5) is 17.6. The smallest absolute Gasteiger partial charge is 0.264 e. The predicted octanol–water partition coefficient (Wildman–Crippen LogP) is 6.44. The summed E-state index contributed by atoms with van der Waals surface area (Å²) in [7, 11) is 1.60. The second-order valence-electron chi connectivity index (χ2n) is 7.55. The molecule has 33 heavy (non-hydrogen) atoms. The monoisotopic (exact) mass is 478 g/mol. The zero-order chi connectivity index (χ0) is 23.4. The zero-order valence-corrected chi connectivity index (χ0v) is 20.1. The number of aliphatic imine (C=N–C) groups is 1. The lowest BCUT2D eigenvalue weighted by molar-refractivity contribution is -0.115. The quantitative estimate of drug-likeness (QED) is 0.414. The highest BCUT2D eigenvalue weighted by Crippen LogP contribution is 2.33. The van der Waals surface area contributed by atoms with Gasteiger partial charge in [0, 0.05) is 5.02 Å². The molecule has 4 rings (SSSR count). The van der Waals surface area contributed by atoms with Crippen LogP contribution in [-0.2, 0) is 11.4 Å². The van der Waals surface area contributed by atoms with Crippen molar-refractivity contribution in [3.63, 3.8) is 0 Å². The standard InChI is InChI=1S/C26H23ClN2O3S/c1-16-6-4-7-19(12-16)15-32-22-11-10-18(13-23(22)31-3)14-24-25(30)29-26(33-24)28-21-9-5-8-20(27)17(21)2/h4-14H,15H2,1-3H3,(H,28,29,30)/b24-14-. The van der Waals surface area contributed by atoms with Gasteiger partial charge in [0.05, 0.1) is 17.7 Å². The van der Waals surface area contributed by atoms with Crippen LogP contribution in [0.25, 0.3) is 6.08 Å². The van der Waals surface area contributed by atoms with E-state index in [0.717, 1.165) is 22.4 Å². The van der Waals surface area contributed by atoms with Crippen LogP contribution in [-0.4, -0.2) is 18.2 Å². The van der Waals surface area contributed by atoms with Crippen LogP contribution in [0, 0.1) is 13.8 Å². The fourth-order valence-electron chi connectivity index (χ4n) is 3.31. The number of carbonyl (C=O) groups is 1. The van der Waals surface area contributed by atoms with Gasteiger partial charge in [0.1, 0.15) is 6.61 Å². The topological polar surface area (TPSA) is 59.9 Å². The minimum atomic E-state index is -0.197. The molecule has 5 nitrogen and oxygen atoms in total. The second kappa shape index (κ2) is 10.1. The average Bonchev–Trinajstić information content (AvgIpc) is 3.14. The van der Waals surface area contributed by atoms with Crippen LogP contribution in [0.5, 0.6) is 11.5 Å². The number of halogens is 1. The van der Waals surface area contributed by atoms with Crippen molar-refractivity contribution in [2.45, 2.75) is 20.5 Å². The van der Waals surface area contributed by atoms with Crippen LogP contribution in [0.4, 0.5) is 5.69 Å². The number of amides is 1. The van der Waals surface area contributed by atoms with E-state index in [1.54, 1.807) is 13.2 Å². The average molecular weight is 479 g/mol. The number of aryl methyl sites for hydroxylation is 1. The molecule has 1 saturated heterocycles. The summed E-state index contributed by atoms with van der Waals surface area (Å²) in [6, 6.07) is 19.3. The van der Waals surface area contributed by atoms with E-state index in [2.05, 4.69) is 29.4 Å². The van der Waals surface area contributed by atoms with Crippen molar-refractivity contribution < 1.29 is 14.3 Å². The normalized spacial score (nSPS) is 15.7. The van der Waals surface area contributed by atoms with Gasteiger partial charge in [-0.1, -0.05) is 53.6 Å². The van der Waals surface area contributed by atoms with Crippen molar-refractivity contribution in [3.8, 4) is 11.5 Å². The number of amidine groups is 1. The van der Waals surface area contributed by atoms with E-state index in [1.165, 1.54) is 17.3 Å². The summed E-state index contributed by atoms with van der Waals surface area (Å²) in [5.74, 6) is 1.05. The molecule has 1 aliphatic heterocycles. The van der Waals surface area contributed by atoms with E-state index in [0.29, 0.717) is 33.2 Å². The maximum atomic E-state index is 12.5. The molecule has 0 spiro atoms. The van der Waals surface area contributed by atoms with Crippen LogP contribution < -0.4 is 14.8 Å². The van der Waals surface area contributed by atoms with E-state index < -0.39 is 0 Å². The van der Waals surface area contributed by atoms with Crippen LogP contribution >= 0.6 is 23.4 Å². The van der Waals surface area contributed by atoms with Crippen LogP contribution in [0.15, 0.2) is 70.6 Å². The lowest BCUT2D eigenvalue weighted by Gasteiger charge is -2.12. The Morgan fingerprint density at radius 1 is 1.06 bits per heavy atom. The number of rotatable bonds is 6. The third kappa shape index (κ3) is 5.59. The number of nitrogens with zero attached hydrogens (tertiary/aromatic N) is 1. The number of hydrogen-bond acceptors (Lipinski definition) is 5. The number of benzene rings is 3. The van der Waals surface area contributed by atoms with Crippen molar-refractivity contribution in [2.75, 3.05) is 7.11 Å². The van der Waals surface area contributed by atoms with E-state index in [9.17, 15) is 4.79 Å². The Hall–Kier alpha value is -3.22. The van der Waals surface area contributed by atoms with E-state index in [4.69, 9.17) is 21.1 Å². The molecular formula is C26H23ClN2O3S. The number of methoxy groups -OCH3 is 1. The molecule has 3 aromatic rings. The minimum Gasteiger partial charge on any atom is -0.493 e. The lowest BCUT2D eigenvalue weighted by atomic mass is 10.1. The van der Waals surface area contributed by atoms with Crippen molar-refractivity contribution >= 4 is 46.2 Å². The van der Waals surface area contributed by atoms with Gasteiger partial charge in [-0.15, -0.1) is 0 Å². The van der Waals surface area contributed by atoms with Gasteiger partial charge in [-0.2, -0.15) is 0 Å². The molecule has 1 heterocycles. The Morgan fingerprint density at radius 2 is 1.88 bits per heavy atom. The lowest BCUT2D eigenvalue weighted by Crippen LogP contribution is -2.19. The molecule has 0 radical (unpaired) electrons. The number of ether oxygens (including phenoxy) is 2. The zero-order valence-electron chi connectivity index (χ0n) is 18.5. The number of thioether (sulfide) groups is 1. The van der Waals surface area contributed by atoms with Gasteiger partial charge in [0.25, 0.3) is 5.91 Å². The van der Waals surface area contributed by atoms with Crippen LogP contribution in [0.2, 0.25) is 5.02 Å². The van der Waals surface area contributed by atoms with E-state index in [1.807, 2.05) is 55.5 Å². The Kier molecular flexibility index (Phi) is 7.06. The first kappa shape index (κ1) is 23.0. The molecule has 168 valence electrons. The summed E-state index contributed by atoms with van der Waals surface area (Å²) < 4.78 is 11.5. The molecular weight excluding hydrogens is 456 g/mol. The first-order valence-electron chi connectivity index (χ1n) is 10.3. The maximum absolute atomic E-state index is 12.5. The Balaban J connectivity index is 1.50. The van der Waals surface area contributed by atoms with Gasteiger partial charge >= 0.3 is 0 Å². The Bertz CT molecular complexity index is 1270. The summed E-state index contributed by atoms with van der Waals surface area (Å²) in [5, 5.41) is 3.96. The van der Waals surface area contributed by atoms with Gasteiger partial charge in [0.2, 0.25) is 0 Å². The highest BCUT2D eigenvalue weighted by atomic mass is 35.5. The molecule has 0 saturated carbocycles. The fraction of sp³-hybridized carbons (Fsp3) is 0.154. The van der Waals surface area contributed by atoms with Crippen molar-refractivity contribution in [3.05, 3.63) is 92.8 Å². The largest absolute Gasteiger partial charge is 0.493 e. The van der Waals surface area contributed by atoms with E-state index >= 15 is 0 Å². The highest BCUT2D eigenvalue weighted by molar-refractivity contribution is 8.18. The number of carbonyl (C=O) groups excluding carboxylic acids is 1. The Morgan fingerprint density at radius 3 is 2.67 bits per heavy atom. The van der Waals surface area contributed by atoms with Crippen molar-refractivity contribution in [2.24, 2.45) is 4.99 Å². The van der Waals surface area contributed by atoms with Gasteiger partial charge in [-0.25, -0.2) is 4.99 Å². The molecule has 0 bridgehead atoms. The molecule has 0 aliphatic carbocycles. The summed E-state index contributed by atoms with van der Waals surface area (Å²) in [6.45, 7) is 4.39. The summed E-state index contributed by atoms with van der Waals surface area (Å²) in [6.07, 6.45) is 1.81. The number of nitrogens with one attached hydrogen (secondary N) is 1. The molecule has 0 aromatic heterocycles. The Labute approximate surface area is 202 Å². The molecule has 3 aromatic carbocycles. The first-order chi connectivity index (χ1) is 15.9. The summed E-state index contributed by atoms with van der Waals surface area (Å²) >= 11 is 7.46. The van der Waals surface area contributed by atoms with Gasteiger partial charge in [-0.05, 0) is 72.6 Å². The third-order valence-corrected chi connectivity index (χ3v) is 6.39. The van der Waals surface area contributed by atoms with Crippen molar-refractivity contribution in [1.29, 1.82) is 0 Å². The molecule has 0 unspecified atom stereocenters. The molecule has 7 heteroatoms. The van der Waals surface area contributed by atoms with Crippen LogP contribution in [0.1, 0.15) is 22.3 Å². The molecule has 1 N–H and O–H groups in total. The molecule has 1 amide bonds. The summed E-state index contributed by atoms with van der Waals surface area (Å²) in [5.41, 5.74) is 4.69. The van der Waals surface area contributed by atoms with Crippen molar-refractivity contribution in [1.82, 2.24) is 5.32 Å². The molecule has 0 atom stereocenters. The third-order valence-electron chi connectivity index (χ3n) is 5.07.